The predicted molar refractivity (Wildman–Crippen MR) is 127 cm³/mol. The molecule has 3 aromatic rings. The van der Waals surface area contributed by atoms with Crippen LogP contribution in [0.25, 0.3) is 11.5 Å². The van der Waals surface area contributed by atoms with Crippen molar-refractivity contribution < 1.29 is 31.9 Å². The molecule has 1 aliphatic heterocycles. The van der Waals surface area contributed by atoms with Gasteiger partial charge < -0.3 is 13.9 Å². The Hall–Kier alpha value is -3.33. The highest BCUT2D eigenvalue weighted by Crippen LogP contribution is 2.31. The van der Waals surface area contributed by atoms with E-state index in [1.165, 1.54) is 19.2 Å². The molecule has 1 aliphatic rings. The van der Waals surface area contributed by atoms with Gasteiger partial charge in [0.2, 0.25) is 5.89 Å². The lowest BCUT2D eigenvalue weighted by molar-refractivity contribution is -0.146. The summed E-state index contributed by atoms with van der Waals surface area (Å²) in [5.41, 5.74) is 2.58. The number of aryl methyl sites for hydroxylation is 2. The molecule has 0 bridgehead atoms. The average Bonchev–Trinajstić information content (AvgIpc) is 3.48. The lowest BCUT2D eigenvalue weighted by Crippen LogP contribution is -2.36. The van der Waals surface area contributed by atoms with Gasteiger partial charge >= 0.3 is 12.1 Å². The van der Waals surface area contributed by atoms with Crippen LogP contribution in [-0.4, -0.2) is 35.5 Å². The van der Waals surface area contributed by atoms with Gasteiger partial charge in [-0.1, -0.05) is 13.0 Å². The zero-order chi connectivity index (χ0) is 25.9. The van der Waals surface area contributed by atoms with Gasteiger partial charge in [-0.3, -0.25) is 9.69 Å². The van der Waals surface area contributed by atoms with E-state index in [1.54, 1.807) is 6.92 Å². The third-order valence-electron chi connectivity index (χ3n) is 6.50. The summed E-state index contributed by atoms with van der Waals surface area (Å²) in [6, 6.07) is 10.4. The monoisotopic (exact) mass is 502 g/mol. The van der Waals surface area contributed by atoms with Gasteiger partial charge in [-0.05, 0) is 80.3 Å². The minimum Gasteiger partial charge on any atom is -0.487 e. The number of carbonyl (C=O) groups excluding carboxylic acids is 1. The van der Waals surface area contributed by atoms with Crippen LogP contribution < -0.4 is 4.74 Å². The number of likely N-dealkylation sites (tertiary alicyclic amines) is 1. The number of benzene rings is 2. The predicted octanol–water partition coefficient (Wildman–Crippen LogP) is 5.95. The van der Waals surface area contributed by atoms with E-state index >= 15 is 0 Å². The summed E-state index contributed by atoms with van der Waals surface area (Å²) >= 11 is 0. The summed E-state index contributed by atoms with van der Waals surface area (Å²) in [6.07, 6.45) is -1.81. The first-order valence-electron chi connectivity index (χ1n) is 11.9. The van der Waals surface area contributed by atoms with Crippen molar-refractivity contribution in [2.24, 2.45) is 0 Å². The largest absolute Gasteiger partial charge is 0.487 e. The number of rotatable bonds is 8. The molecular formula is C27H29F3N2O4. The van der Waals surface area contributed by atoms with Crippen molar-refractivity contribution in [2.75, 3.05) is 13.7 Å². The number of oxazole rings is 1. The summed E-state index contributed by atoms with van der Waals surface area (Å²) in [7, 11) is 1.42. The van der Waals surface area contributed by atoms with E-state index in [4.69, 9.17) is 13.9 Å². The second-order valence-corrected chi connectivity index (χ2v) is 8.82. The van der Waals surface area contributed by atoms with Gasteiger partial charge in [0, 0.05) is 12.1 Å². The van der Waals surface area contributed by atoms with Gasteiger partial charge in [0.15, 0.2) is 0 Å². The van der Waals surface area contributed by atoms with Crippen molar-refractivity contribution in [3.8, 4) is 17.2 Å². The number of esters is 1. The van der Waals surface area contributed by atoms with Crippen LogP contribution in [0, 0.1) is 6.92 Å². The number of aromatic nitrogens is 1. The number of nitrogens with zero attached hydrogens (tertiary/aromatic N) is 2. The normalized spacial score (nSPS) is 16.3. The quantitative estimate of drug-likeness (QED) is 0.355. The third kappa shape index (κ3) is 5.73. The van der Waals surface area contributed by atoms with Crippen LogP contribution in [0.1, 0.15) is 47.9 Å². The highest BCUT2D eigenvalue weighted by atomic mass is 19.4. The third-order valence-corrected chi connectivity index (χ3v) is 6.50. The van der Waals surface area contributed by atoms with Crippen molar-refractivity contribution in [1.82, 2.24) is 9.88 Å². The Morgan fingerprint density at radius 3 is 2.58 bits per heavy atom. The zero-order valence-corrected chi connectivity index (χ0v) is 20.5. The molecule has 0 aliphatic carbocycles. The maximum Gasteiger partial charge on any atom is 0.416 e. The molecule has 0 N–H and O–H groups in total. The maximum atomic E-state index is 12.8. The summed E-state index contributed by atoms with van der Waals surface area (Å²) < 4.78 is 55.1. The number of carbonyl (C=O) groups is 1. The smallest absolute Gasteiger partial charge is 0.416 e. The fraction of sp³-hybridized carbons (Fsp3) is 0.407. The number of alkyl halides is 3. The topological polar surface area (TPSA) is 64.8 Å². The van der Waals surface area contributed by atoms with Crippen molar-refractivity contribution >= 4 is 5.97 Å². The van der Waals surface area contributed by atoms with Gasteiger partial charge in [-0.15, -0.1) is 0 Å². The molecule has 4 rings (SSSR count). The van der Waals surface area contributed by atoms with Gasteiger partial charge in [-0.2, -0.15) is 13.2 Å². The van der Waals surface area contributed by atoms with Gasteiger partial charge in [0.25, 0.3) is 0 Å². The van der Waals surface area contributed by atoms with E-state index in [9.17, 15) is 18.0 Å². The van der Waals surface area contributed by atoms with E-state index in [-0.39, 0.29) is 24.5 Å². The SMILES string of the molecule is CCc1cc(OCc2nc(-c3ccc(C(F)(F)F)cc3)oc2C)ccc1CN1CCCC1C(=O)OC. The Balaban J connectivity index is 1.43. The van der Waals surface area contributed by atoms with Gasteiger partial charge in [-0.25, -0.2) is 4.98 Å². The van der Waals surface area contributed by atoms with Gasteiger partial charge in [0.1, 0.15) is 29.9 Å². The van der Waals surface area contributed by atoms with Crippen LogP contribution in [0.15, 0.2) is 46.9 Å². The van der Waals surface area contributed by atoms with Gasteiger partial charge in [0.05, 0.1) is 12.7 Å². The fourth-order valence-electron chi connectivity index (χ4n) is 4.45. The Morgan fingerprint density at radius 1 is 1.17 bits per heavy atom. The molecule has 0 saturated carbocycles. The van der Waals surface area contributed by atoms with Crippen molar-refractivity contribution in [2.45, 2.75) is 58.5 Å². The van der Waals surface area contributed by atoms with E-state index in [0.29, 0.717) is 29.3 Å². The van der Waals surface area contributed by atoms with E-state index in [0.717, 1.165) is 49.1 Å². The molecule has 1 unspecified atom stereocenters. The van der Waals surface area contributed by atoms with Crippen molar-refractivity contribution in [3.05, 3.63) is 70.6 Å². The molecule has 6 nitrogen and oxygen atoms in total. The average molecular weight is 503 g/mol. The standard InChI is InChI=1S/C27H29F3N2O4/c1-4-18-14-22(12-9-20(18)15-32-13-5-6-24(32)26(33)34-3)35-16-23-17(2)36-25(31-23)19-7-10-21(11-8-19)27(28,29)30/h7-12,14,24H,4-6,13,15-16H2,1-3H3. The van der Waals surface area contributed by atoms with Crippen LogP contribution in [0.3, 0.4) is 0 Å². The summed E-state index contributed by atoms with van der Waals surface area (Å²) in [4.78, 5) is 18.7. The molecule has 0 radical (unpaired) electrons. The second-order valence-electron chi connectivity index (χ2n) is 8.82. The Labute approximate surface area is 208 Å². The van der Waals surface area contributed by atoms with Crippen molar-refractivity contribution in [3.63, 3.8) is 0 Å². The highest BCUT2D eigenvalue weighted by Gasteiger charge is 2.32. The second kappa shape index (κ2) is 10.7. The van der Waals surface area contributed by atoms with Crippen LogP contribution in [0.4, 0.5) is 13.2 Å². The van der Waals surface area contributed by atoms with E-state index < -0.39 is 11.7 Å². The molecule has 2 aromatic carbocycles. The van der Waals surface area contributed by atoms with Crippen LogP contribution in [0.2, 0.25) is 0 Å². The molecule has 2 heterocycles. The van der Waals surface area contributed by atoms with E-state index in [2.05, 4.69) is 16.8 Å². The molecule has 1 aromatic heterocycles. The number of ether oxygens (including phenoxy) is 2. The molecule has 0 amide bonds. The Kier molecular flexibility index (Phi) is 7.68. The first-order valence-corrected chi connectivity index (χ1v) is 11.9. The fourth-order valence-corrected chi connectivity index (χ4v) is 4.45. The summed E-state index contributed by atoms with van der Waals surface area (Å²) in [6.45, 7) is 5.50. The molecule has 1 atom stereocenters. The first kappa shape index (κ1) is 25.8. The lowest BCUT2D eigenvalue weighted by atomic mass is 10.0. The maximum absolute atomic E-state index is 12.8. The number of methoxy groups -OCH3 is 1. The molecule has 1 saturated heterocycles. The minimum atomic E-state index is -4.39. The summed E-state index contributed by atoms with van der Waals surface area (Å²) in [5, 5.41) is 0. The molecular weight excluding hydrogens is 473 g/mol. The summed E-state index contributed by atoms with van der Waals surface area (Å²) in [5.74, 6) is 1.28. The lowest BCUT2D eigenvalue weighted by Gasteiger charge is -2.23. The molecule has 36 heavy (non-hydrogen) atoms. The molecule has 1 fully saturated rings. The van der Waals surface area contributed by atoms with E-state index in [1.807, 2.05) is 18.2 Å². The van der Waals surface area contributed by atoms with Crippen LogP contribution in [-0.2, 0) is 35.3 Å². The molecule has 192 valence electrons. The van der Waals surface area contributed by atoms with Crippen LogP contribution >= 0.6 is 0 Å². The Bertz CT molecular complexity index is 1200. The van der Waals surface area contributed by atoms with Crippen molar-refractivity contribution in [1.29, 1.82) is 0 Å². The first-order chi connectivity index (χ1) is 17.2. The minimum absolute atomic E-state index is 0.162. The number of hydrogen-bond donors (Lipinski definition) is 0. The number of hydrogen-bond acceptors (Lipinski definition) is 6. The zero-order valence-electron chi connectivity index (χ0n) is 20.5. The number of halogens is 3. The highest BCUT2D eigenvalue weighted by molar-refractivity contribution is 5.76. The molecule has 9 heteroatoms. The molecule has 0 spiro atoms. The Morgan fingerprint density at radius 2 is 1.92 bits per heavy atom. The van der Waals surface area contributed by atoms with Crippen LogP contribution in [0.5, 0.6) is 5.75 Å².